The lowest BCUT2D eigenvalue weighted by Gasteiger charge is -2.34. The van der Waals surface area contributed by atoms with Crippen LogP contribution >= 0.6 is 0 Å². The number of piperazine rings is 1. The van der Waals surface area contributed by atoms with Crippen molar-refractivity contribution in [1.82, 2.24) is 25.0 Å². The number of anilines is 3. The minimum absolute atomic E-state index is 0.0982. The third-order valence-electron chi connectivity index (χ3n) is 4.46. The first-order valence-corrected chi connectivity index (χ1v) is 9.45. The molecule has 0 unspecified atom stereocenters. The first-order valence-electron chi connectivity index (χ1n) is 9.45. The Hall–Kier alpha value is -2.75. The summed E-state index contributed by atoms with van der Waals surface area (Å²) >= 11 is 0. The first kappa shape index (κ1) is 20.0. The fourth-order valence-electron chi connectivity index (χ4n) is 2.89. The number of aryl methyl sites for hydroxylation is 1. The average Bonchev–Trinajstić information content (AvgIpc) is 3.06. The topological polar surface area (TPSA) is 104 Å². The summed E-state index contributed by atoms with van der Waals surface area (Å²) in [5.41, 5.74) is 0. The molecule has 152 valence electrons. The summed E-state index contributed by atoms with van der Waals surface area (Å²) in [6.07, 6.45) is 0. The van der Waals surface area contributed by atoms with Crippen molar-refractivity contribution in [3.05, 3.63) is 17.7 Å². The molecule has 1 amide bonds. The van der Waals surface area contributed by atoms with E-state index in [0.717, 1.165) is 32.0 Å². The zero-order chi connectivity index (χ0) is 20.3. The van der Waals surface area contributed by atoms with Gasteiger partial charge in [-0.1, -0.05) is 19.0 Å². The van der Waals surface area contributed by atoms with E-state index in [0.29, 0.717) is 30.0 Å². The van der Waals surface area contributed by atoms with Gasteiger partial charge in [0.05, 0.1) is 6.54 Å². The summed E-state index contributed by atoms with van der Waals surface area (Å²) in [7, 11) is 3.85. The van der Waals surface area contributed by atoms with Crippen molar-refractivity contribution in [2.24, 2.45) is 0 Å². The SMILES string of the molecule is Cc1cc(NC(=O)CN2CCN(c3nc(C(C)C)nc(N(C)C)n3)CC2)no1. The van der Waals surface area contributed by atoms with Crippen LogP contribution in [0.5, 0.6) is 0 Å². The second-order valence-electron chi connectivity index (χ2n) is 7.48. The summed E-state index contributed by atoms with van der Waals surface area (Å²) in [5.74, 6) is 3.40. The molecule has 0 spiro atoms. The van der Waals surface area contributed by atoms with E-state index in [4.69, 9.17) is 4.52 Å². The zero-order valence-corrected chi connectivity index (χ0v) is 17.1. The number of rotatable bonds is 6. The molecule has 0 atom stereocenters. The number of hydrogen-bond donors (Lipinski definition) is 1. The van der Waals surface area contributed by atoms with Gasteiger partial charge in [-0.05, 0) is 6.92 Å². The van der Waals surface area contributed by atoms with Crippen LogP contribution in [0.1, 0.15) is 31.4 Å². The van der Waals surface area contributed by atoms with Crippen molar-refractivity contribution < 1.29 is 9.32 Å². The van der Waals surface area contributed by atoms with Crippen LogP contribution in [0.25, 0.3) is 0 Å². The Labute approximate surface area is 164 Å². The maximum atomic E-state index is 12.2. The van der Waals surface area contributed by atoms with Gasteiger partial charge in [0, 0.05) is 52.3 Å². The van der Waals surface area contributed by atoms with Crippen molar-refractivity contribution in [2.45, 2.75) is 26.7 Å². The van der Waals surface area contributed by atoms with Crippen molar-refractivity contribution in [3.8, 4) is 0 Å². The van der Waals surface area contributed by atoms with E-state index in [1.165, 1.54) is 0 Å². The highest BCUT2D eigenvalue weighted by Crippen LogP contribution is 2.19. The van der Waals surface area contributed by atoms with Crippen molar-refractivity contribution in [1.29, 1.82) is 0 Å². The first-order chi connectivity index (χ1) is 13.3. The lowest BCUT2D eigenvalue weighted by atomic mass is 10.2. The number of aromatic nitrogens is 4. The zero-order valence-electron chi connectivity index (χ0n) is 17.1. The molecule has 3 heterocycles. The van der Waals surface area contributed by atoms with Gasteiger partial charge in [0.1, 0.15) is 11.6 Å². The Balaban J connectivity index is 1.58. The summed E-state index contributed by atoms with van der Waals surface area (Å²) in [6, 6.07) is 1.70. The molecule has 1 fully saturated rings. The molecule has 1 saturated heterocycles. The van der Waals surface area contributed by atoms with Crippen LogP contribution in [0.3, 0.4) is 0 Å². The van der Waals surface area contributed by atoms with Crippen LogP contribution in [0.4, 0.5) is 17.7 Å². The largest absolute Gasteiger partial charge is 0.360 e. The van der Waals surface area contributed by atoms with Gasteiger partial charge in [0.15, 0.2) is 5.82 Å². The van der Waals surface area contributed by atoms with E-state index in [1.807, 2.05) is 19.0 Å². The highest BCUT2D eigenvalue weighted by molar-refractivity contribution is 5.91. The molecule has 3 rings (SSSR count). The molecule has 1 N–H and O–H groups in total. The Morgan fingerprint density at radius 2 is 1.93 bits per heavy atom. The van der Waals surface area contributed by atoms with Gasteiger partial charge >= 0.3 is 0 Å². The molecule has 0 aromatic carbocycles. The minimum atomic E-state index is -0.0982. The maximum Gasteiger partial charge on any atom is 0.239 e. The smallest absolute Gasteiger partial charge is 0.239 e. The highest BCUT2D eigenvalue weighted by atomic mass is 16.5. The molecule has 2 aromatic rings. The monoisotopic (exact) mass is 388 g/mol. The normalized spacial score (nSPS) is 15.1. The Morgan fingerprint density at radius 1 is 1.21 bits per heavy atom. The van der Waals surface area contributed by atoms with Gasteiger partial charge in [0.25, 0.3) is 0 Å². The van der Waals surface area contributed by atoms with E-state index in [9.17, 15) is 4.79 Å². The van der Waals surface area contributed by atoms with E-state index < -0.39 is 0 Å². The third kappa shape index (κ3) is 4.94. The number of hydrogen-bond acceptors (Lipinski definition) is 9. The fraction of sp³-hybridized carbons (Fsp3) is 0.611. The van der Waals surface area contributed by atoms with Gasteiger partial charge in [-0.2, -0.15) is 15.0 Å². The van der Waals surface area contributed by atoms with Crippen LogP contribution < -0.4 is 15.1 Å². The van der Waals surface area contributed by atoms with E-state index >= 15 is 0 Å². The quantitative estimate of drug-likeness (QED) is 0.779. The minimum Gasteiger partial charge on any atom is -0.360 e. The molecule has 10 nitrogen and oxygen atoms in total. The Morgan fingerprint density at radius 3 is 2.50 bits per heavy atom. The van der Waals surface area contributed by atoms with Crippen LogP contribution in [-0.4, -0.2) is 77.7 Å². The molecule has 0 saturated carbocycles. The van der Waals surface area contributed by atoms with E-state index in [2.05, 4.69) is 49.1 Å². The number of nitrogens with zero attached hydrogens (tertiary/aromatic N) is 7. The third-order valence-corrected chi connectivity index (χ3v) is 4.46. The van der Waals surface area contributed by atoms with Gasteiger partial charge in [-0.3, -0.25) is 9.69 Å². The Kier molecular flexibility index (Phi) is 6.08. The molecule has 0 bridgehead atoms. The van der Waals surface area contributed by atoms with Crippen LogP contribution in [0.15, 0.2) is 10.6 Å². The Bertz CT molecular complexity index is 785. The lowest BCUT2D eigenvalue weighted by Crippen LogP contribution is -2.49. The van der Waals surface area contributed by atoms with E-state index in [1.54, 1.807) is 13.0 Å². The van der Waals surface area contributed by atoms with Gasteiger partial charge < -0.3 is 19.6 Å². The molecular formula is C18H28N8O2. The van der Waals surface area contributed by atoms with Crippen LogP contribution in [0, 0.1) is 6.92 Å². The van der Waals surface area contributed by atoms with Gasteiger partial charge in [0.2, 0.25) is 17.8 Å². The molecule has 1 aliphatic rings. The molecule has 0 radical (unpaired) electrons. The van der Waals surface area contributed by atoms with Crippen LogP contribution in [-0.2, 0) is 4.79 Å². The van der Waals surface area contributed by atoms with Crippen molar-refractivity contribution >= 4 is 23.6 Å². The fourth-order valence-corrected chi connectivity index (χ4v) is 2.89. The number of carbonyl (C=O) groups is 1. The highest BCUT2D eigenvalue weighted by Gasteiger charge is 2.23. The molecule has 0 aliphatic carbocycles. The van der Waals surface area contributed by atoms with E-state index in [-0.39, 0.29) is 11.8 Å². The summed E-state index contributed by atoms with van der Waals surface area (Å²) < 4.78 is 4.96. The number of carbonyl (C=O) groups excluding carboxylic acids is 1. The number of amides is 1. The number of nitrogens with one attached hydrogen (secondary N) is 1. The van der Waals surface area contributed by atoms with Gasteiger partial charge in [-0.25, -0.2) is 0 Å². The predicted molar refractivity (Wildman–Crippen MR) is 107 cm³/mol. The van der Waals surface area contributed by atoms with Crippen molar-refractivity contribution in [3.63, 3.8) is 0 Å². The summed E-state index contributed by atoms with van der Waals surface area (Å²) in [5, 5.41) is 6.54. The summed E-state index contributed by atoms with van der Waals surface area (Å²) in [6.45, 7) is 9.27. The molecular weight excluding hydrogens is 360 g/mol. The standard InChI is InChI=1S/C18H28N8O2/c1-12(2)16-20-17(24(4)5)22-18(21-16)26-8-6-25(7-9-26)11-15(27)19-14-10-13(3)28-23-14/h10,12H,6-9,11H2,1-5H3,(H,19,23,27). The lowest BCUT2D eigenvalue weighted by molar-refractivity contribution is -0.117. The predicted octanol–water partition coefficient (Wildman–Crippen LogP) is 1.12. The van der Waals surface area contributed by atoms with Crippen molar-refractivity contribution in [2.75, 3.05) is 61.9 Å². The molecule has 1 aliphatic heterocycles. The molecule has 10 heteroatoms. The van der Waals surface area contributed by atoms with Gasteiger partial charge in [-0.15, -0.1) is 0 Å². The molecule has 2 aromatic heterocycles. The molecule has 28 heavy (non-hydrogen) atoms. The average molecular weight is 388 g/mol. The maximum absolute atomic E-state index is 12.2. The second kappa shape index (κ2) is 8.51. The summed E-state index contributed by atoms with van der Waals surface area (Å²) in [4.78, 5) is 32.1. The van der Waals surface area contributed by atoms with Crippen LogP contribution in [0.2, 0.25) is 0 Å². The second-order valence-corrected chi connectivity index (χ2v) is 7.48.